The average molecular weight is 191 g/mol. The Balaban J connectivity index is 3.05. The highest BCUT2D eigenvalue weighted by Gasteiger charge is 2.08. The van der Waals surface area contributed by atoms with E-state index in [-0.39, 0.29) is 0 Å². The first kappa shape index (κ1) is 10.4. The maximum atomic E-state index is 8.61. The van der Waals surface area contributed by atoms with Crippen molar-refractivity contribution in [3.63, 3.8) is 0 Å². The van der Waals surface area contributed by atoms with Crippen LogP contribution in [0.15, 0.2) is 18.2 Å². The van der Waals surface area contributed by atoms with E-state index in [0.29, 0.717) is 24.5 Å². The molecule has 0 aliphatic rings. The Kier molecular flexibility index (Phi) is 3.81. The normalized spacial score (nSPS) is 9.21. The molecule has 0 aromatic heterocycles. The molecule has 0 heterocycles. The lowest BCUT2D eigenvalue weighted by Crippen LogP contribution is -1.98. The Labute approximate surface area is 83.9 Å². The number of para-hydroxylation sites is 1. The van der Waals surface area contributed by atoms with Crippen LogP contribution in [0.4, 0.5) is 0 Å². The summed E-state index contributed by atoms with van der Waals surface area (Å²) in [6.07, 6.45) is 0.337. The molecule has 0 fully saturated rings. The van der Waals surface area contributed by atoms with E-state index in [4.69, 9.17) is 14.7 Å². The second-order valence-corrected chi connectivity index (χ2v) is 2.72. The molecule has 0 unspecified atom stereocenters. The summed E-state index contributed by atoms with van der Waals surface area (Å²) in [5.41, 5.74) is 0.862. The molecule has 0 bridgehead atoms. The molecule has 0 saturated carbocycles. The third kappa shape index (κ3) is 2.17. The van der Waals surface area contributed by atoms with Crippen molar-refractivity contribution in [1.29, 1.82) is 5.26 Å². The van der Waals surface area contributed by atoms with Crippen LogP contribution < -0.4 is 9.47 Å². The second-order valence-electron chi connectivity index (χ2n) is 2.72. The minimum absolute atomic E-state index is 0.337. The fourth-order valence-corrected chi connectivity index (χ4v) is 1.29. The molecule has 0 spiro atoms. The van der Waals surface area contributed by atoms with Crippen LogP contribution in [0.3, 0.4) is 0 Å². The summed E-state index contributed by atoms with van der Waals surface area (Å²) in [5, 5.41) is 8.61. The lowest BCUT2D eigenvalue weighted by molar-refractivity contribution is 0.309. The Hall–Kier alpha value is -1.69. The van der Waals surface area contributed by atoms with E-state index in [1.54, 1.807) is 7.11 Å². The third-order valence-electron chi connectivity index (χ3n) is 1.83. The van der Waals surface area contributed by atoms with Gasteiger partial charge in [-0.15, -0.1) is 0 Å². The quantitative estimate of drug-likeness (QED) is 0.732. The van der Waals surface area contributed by atoms with Crippen molar-refractivity contribution in [3.05, 3.63) is 23.8 Å². The first-order valence-electron chi connectivity index (χ1n) is 4.49. The van der Waals surface area contributed by atoms with Gasteiger partial charge in [-0.05, 0) is 13.0 Å². The van der Waals surface area contributed by atoms with Crippen LogP contribution in [0.1, 0.15) is 12.5 Å². The molecule has 1 aromatic carbocycles. The fraction of sp³-hybridized carbons (Fsp3) is 0.364. The Morgan fingerprint density at radius 1 is 1.43 bits per heavy atom. The Bertz CT molecular complexity index is 342. The van der Waals surface area contributed by atoms with Gasteiger partial charge in [-0.3, -0.25) is 0 Å². The number of nitrogens with zero attached hydrogens (tertiary/aromatic N) is 1. The van der Waals surface area contributed by atoms with Gasteiger partial charge >= 0.3 is 0 Å². The van der Waals surface area contributed by atoms with E-state index in [1.165, 1.54) is 0 Å². The highest BCUT2D eigenvalue weighted by molar-refractivity contribution is 5.47. The highest BCUT2D eigenvalue weighted by Crippen LogP contribution is 2.31. The lowest BCUT2D eigenvalue weighted by atomic mass is 10.1. The van der Waals surface area contributed by atoms with Crippen molar-refractivity contribution < 1.29 is 9.47 Å². The first-order chi connectivity index (χ1) is 6.83. The molecule has 0 N–H and O–H groups in total. The van der Waals surface area contributed by atoms with Crippen LogP contribution in [-0.2, 0) is 6.42 Å². The monoisotopic (exact) mass is 191 g/mol. The van der Waals surface area contributed by atoms with Gasteiger partial charge in [0.05, 0.1) is 26.2 Å². The molecule has 1 aromatic rings. The molecule has 0 amide bonds. The molecule has 0 aliphatic carbocycles. The van der Waals surface area contributed by atoms with Crippen LogP contribution in [0.5, 0.6) is 11.5 Å². The molecule has 0 radical (unpaired) electrons. The zero-order valence-electron chi connectivity index (χ0n) is 8.41. The maximum Gasteiger partial charge on any atom is 0.164 e. The van der Waals surface area contributed by atoms with Crippen LogP contribution in [-0.4, -0.2) is 13.7 Å². The van der Waals surface area contributed by atoms with E-state index >= 15 is 0 Å². The first-order valence-corrected chi connectivity index (χ1v) is 4.49. The summed E-state index contributed by atoms with van der Waals surface area (Å²) in [4.78, 5) is 0. The molecule has 3 heteroatoms. The molecule has 0 aliphatic heterocycles. The smallest absolute Gasteiger partial charge is 0.164 e. The van der Waals surface area contributed by atoms with Crippen molar-refractivity contribution in [2.24, 2.45) is 0 Å². The van der Waals surface area contributed by atoms with Crippen LogP contribution in [0, 0.1) is 11.3 Å². The van der Waals surface area contributed by atoms with E-state index in [2.05, 4.69) is 6.07 Å². The maximum absolute atomic E-state index is 8.61. The standard InChI is InChI=1S/C11H13NO2/c1-3-14-10-6-4-5-9(7-8-12)11(10)13-2/h4-6H,3,7H2,1-2H3. The second kappa shape index (κ2) is 5.13. The van der Waals surface area contributed by atoms with Gasteiger partial charge in [0.2, 0.25) is 0 Å². The van der Waals surface area contributed by atoms with Crippen LogP contribution in [0.25, 0.3) is 0 Å². The molecule has 3 nitrogen and oxygen atoms in total. The molecular formula is C11H13NO2. The van der Waals surface area contributed by atoms with Gasteiger partial charge in [-0.2, -0.15) is 5.26 Å². The molecular weight excluding hydrogens is 178 g/mol. The summed E-state index contributed by atoms with van der Waals surface area (Å²) >= 11 is 0. The zero-order valence-corrected chi connectivity index (χ0v) is 8.41. The minimum atomic E-state index is 0.337. The number of hydrogen-bond acceptors (Lipinski definition) is 3. The molecule has 14 heavy (non-hydrogen) atoms. The SMILES string of the molecule is CCOc1cccc(CC#N)c1OC. The predicted octanol–water partition coefficient (Wildman–Crippen LogP) is 2.16. The van der Waals surface area contributed by atoms with Gasteiger partial charge in [0.15, 0.2) is 11.5 Å². The van der Waals surface area contributed by atoms with Gasteiger partial charge in [-0.1, -0.05) is 12.1 Å². The molecule has 1 rings (SSSR count). The number of hydrogen-bond donors (Lipinski definition) is 0. The number of methoxy groups -OCH3 is 1. The van der Waals surface area contributed by atoms with Crippen molar-refractivity contribution in [1.82, 2.24) is 0 Å². The van der Waals surface area contributed by atoms with Gasteiger partial charge in [0.25, 0.3) is 0 Å². The van der Waals surface area contributed by atoms with Crippen molar-refractivity contribution in [2.75, 3.05) is 13.7 Å². The topological polar surface area (TPSA) is 42.2 Å². The van der Waals surface area contributed by atoms with Crippen molar-refractivity contribution in [2.45, 2.75) is 13.3 Å². The summed E-state index contributed by atoms with van der Waals surface area (Å²) < 4.78 is 10.6. The third-order valence-corrected chi connectivity index (χ3v) is 1.83. The summed E-state index contributed by atoms with van der Waals surface area (Å²) in [6.45, 7) is 2.50. The van der Waals surface area contributed by atoms with Crippen molar-refractivity contribution >= 4 is 0 Å². The largest absolute Gasteiger partial charge is 0.493 e. The minimum Gasteiger partial charge on any atom is -0.493 e. The van der Waals surface area contributed by atoms with Gasteiger partial charge in [0, 0.05) is 5.56 Å². The van der Waals surface area contributed by atoms with Crippen molar-refractivity contribution in [3.8, 4) is 17.6 Å². The Morgan fingerprint density at radius 2 is 2.21 bits per heavy atom. The molecule has 74 valence electrons. The van der Waals surface area contributed by atoms with E-state index < -0.39 is 0 Å². The van der Waals surface area contributed by atoms with Crippen LogP contribution >= 0.6 is 0 Å². The predicted molar refractivity (Wildman–Crippen MR) is 53.5 cm³/mol. The van der Waals surface area contributed by atoms with Crippen LogP contribution in [0.2, 0.25) is 0 Å². The number of benzene rings is 1. The van der Waals surface area contributed by atoms with Gasteiger partial charge in [0.1, 0.15) is 0 Å². The van der Waals surface area contributed by atoms with Gasteiger partial charge < -0.3 is 9.47 Å². The number of rotatable bonds is 4. The Morgan fingerprint density at radius 3 is 2.79 bits per heavy atom. The number of nitriles is 1. The summed E-state index contributed by atoms with van der Waals surface area (Å²) in [5.74, 6) is 1.36. The van der Waals surface area contributed by atoms with Gasteiger partial charge in [-0.25, -0.2) is 0 Å². The highest BCUT2D eigenvalue weighted by atomic mass is 16.5. The lowest BCUT2D eigenvalue weighted by Gasteiger charge is -2.11. The number of ether oxygens (including phenoxy) is 2. The van der Waals surface area contributed by atoms with E-state index in [0.717, 1.165) is 5.56 Å². The average Bonchev–Trinajstić information content (AvgIpc) is 2.19. The molecule has 0 saturated heterocycles. The zero-order chi connectivity index (χ0) is 10.4. The van der Waals surface area contributed by atoms with E-state index in [9.17, 15) is 0 Å². The van der Waals surface area contributed by atoms with E-state index in [1.807, 2.05) is 25.1 Å². The fourth-order valence-electron chi connectivity index (χ4n) is 1.29. The summed E-state index contributed by atoms with van der Waals surface area (Å²) in [6, 6.07) is 7.66. The summed E-state index contributed by atoms with van der Waals surface area (Å²) in [7, 11) is 1.58. The molecule has 0 atom stereocenters.